The van der Waals surface area contributed by atoms with Crippen LogP contribution >= 0.6 is 15.9 Å². The Labute approximate surface area is 164 Å². The number of ether oxygens (including phenoxy) is 1. The van der Waals surface area contributed by atoms with Crippen molar-refractivity contribution >= 4 is 21.8 Å². The number of hydrogen-bond acceptors (Lipinski definition) is 5. The summed E-state index contributed by atoms with van der Waals surface area (Å²) in [6.45, 7) is -0.503. The fourth-order valence-corrected chi connectivity index (χ4v) is 2.84. The molecule has 3 aromatic rings. The van der Waals surface area contributed by atoms with E-state index in [1.165, 1.54) is 24.3 Å². The van der Waals surface area contributed by atoms with Gasteiger partial charge in [-0.3, -0.25) is 4.79 Å². The number of benzene rings is 2. The molecular weight excluding hydrogens is 445 g/mol. The van der Waals surface area contributed by atoms with E-state index < -0.39 is 47.4 Å². The van der Waals surface area contributed by atoms with Gasteiger partial charge in [0, 0.05) is 5.56 Å². The number of aromatic nitrogens is 1. The predicted molar refractivity (Wildman–Crippen MR) is 94.9 cm³/mol. The zero-order valence-corrected chi connectivity index (χ0v) is 15.5. The Morgan fingerprint density at radius 1 is 1.21 bits per heavy atom. The summed E-state index contributed by atoms with van der Waals surface area (Å²) in [5, 5.41) is 10.2. The van der Waals surface area contributed by atoms with Gasteiger partial charge < -0.3 is 20.0 Å². The minimum atomic E-state index is -1.41. The Morgan fingerprint density at radius 3 is 2.54 bits per heavy atom. The van der Waals surface area contributed by atoms with Crippen LogP contribution in [0.4, 0.5) is 13.2 Å². The van der Waals surface area contributed by atoms with Crippen LogP contribution in [-0.2, 0) is 0 Å². The highest BCUT2D eigenvalue weighted by Gasteiger charge is 2.23. The largest absolute Gasteiger partial charge is 0.487 e. The third-order valence-corrected chi connectivity index (χ3v) is 4.24. The maximum Gasteiger partial charge on any atom is 0.254 e. The van der Waals surface area contributed by atoms with Gasteiger partial charge in [-0.05, 0) is 52.3 Å². The second-order valence-electron chi connectivity index (χ2n) is 5.61. The van der Waals surface area contributed by atoms with Crippen molar-refractivity contribution in [1.29, 1.82) is 0 Å². The van der Waals surface area contributed by atoms with Crippen LogP contribution in [0.2, 0.25) is 0 Å². The fraction of sp³-hybridized carbons (Fsp3) is 0.111. The quantitative estimate of drug-likeness (QED) is 0.588. The average Bonchev–Trinajstić information content (AvgIpc) is 3.03. The van der Waals surface area contributed by atoms with Gasteiger partial charge in [0.2, 0.25) is 5.89 Å². The molecule has 0 saturated carbocycles. The lowest BCUT2D eigenvalue weighted by molar-refractivity contribution is 0.0811. The van der Waals surface area contributed by atoms with Gasteiger partial charge in [-0.15, -0.1) is 0 Å². The van der Waals surface area contributed by atoms with Crippen LogP contribution < -0.4 is 10.5 Å². The maximum absolute atomic E-state index is 14.1. The molecule has 1 amide bonds. The van der Waals surface area contributed by atoms with E-state index in [-0.39, 0.29) is 10.6 Å². The van der Waals surface area contributed by atoms with Gasteiger partial charge in [-0.25, -0.2) is 18.2 Å². The first-order valence-corrected chi connectivity index (χ1v) is 8.58. The molecule has 0 aliphatic heterocycles. The Kier molecular flexibility index (Phi) is 5.71. The molecule has 146 valence electrons. The molecule has 0 radical (unpaired) electrons. The molecule has 0 aliphatic carbocycles. The number of primary amides is 1. The Hall–Kier alpha value is -2.85. The molecule has 10 heteroatoms. The molecule has 0 saturated heterocycles. The average molecular weight is 457 g/mol. The minimum absolute atomic E-state index is 0.149. The van der Waals surface area contributed by atoms with Gasteiger partial charge in [0.15, 0.2) is 22.3 Å². The van der Waals surface area contributed by atoms with Gasteiger partial charge in [0.05, 0.1) is 0 Å². The lowest BCUT2D eigenvalue weighted by atomic mass is 10.1. The standard InChI is InChI=1S/C18H12BrF3N2O4/c19-16-15(8-1-3-9(20)4-2-8)24-18(28-16)11(25)7-27-12-6-5-10(21)13(14(12)22)17(23)26/h1-6,11,25H,7H2,(H2,23,26). The van der Waals surface area contributed by atoms with Crippen LogP contribution in [0.1, 0.15) is 22.4 Å². The van der Waals surface area contributed by atoms with Gasteiger partial charge in [0.1, 0.15) is 29.5 Å². The summed E-state index contributed by atoms with van der Waals surface area (Å²) in [6.07, 6.45) is -1.41. The number of hydrogen-bond donors (Lipinski definition) is 2. The minimum Gasteiger partial charge on any atom is -0.487 e. The molecular formula is C18H12BrF3N2O4. The van der Waals surface area contributed by atoms with Gasteiger partial charge in [-0.2, -0.15) is 0 Å². The third kappa shape index (κ3) is 4.02. The number of aliphatic hydroxyl groups is 1. The smallest absolute Gasteiger partial charge is 0.254 e. The first-order chi connectivity index (χ1) is 13.3. The summed E-state index contributed by atoms with van der Waals surface area (Å²) in [4.78, 5) is 15.2. The molecule has 0 bridgehead atoms. The molecule has 1 aromatic heterocycles. The van der Waals surface area contributed by atoms with E-state index in [0.717, 1.165) is 12.1 Å². The zero-order chi connectivity index (χ0) is 20.4. The summed E-state index contributed by atoms with van der Waals surface area (Å²) >= 11 is 3.15. The fourth-order valence-electron chi connectivity index (χ4n) is 2.36. The normalized spacial score (nSPS) is 12.0. The van der Waals surface area contributed by atoms with Crippen LogP contribution in [0.15, 0.2) is 45.5 Å². The molecule has 3 rings (SSSR count). The van der Waals surface area contributed by atoms with Gasteiger partial charge in [-0.1, -0.05) is 0 Å². The number of nitrogens with zero attached hydrogens (tertiary/aromatic N) is 1. The summed E-state index contributed by atoms with van der Waals surface area (Å²) in [6, 6.07) is 7.21. The summed E-state index contributed by atoms with van der Waals surface area (Å²) in [7, 11) is 0. The first kappa shape index (κ1) is 19.9. The van der Waals surface area contributed by atoms with Gasteiger partial charge in [0.25, 0.3) is 5.91 Å². The molecule has 28 heavy (non-hydrogen) atoms. The highest BCUT2D eigenvalue weighted by atomic mass is 79.9. The Bertz CT molecular complexity index is 1020. The maximum atomic E-state index is 14.1. The first-order valence-electron chi connectivity index (χ1n) is 7.78. The summed E-state index contributed by atoms with van der Waals surface area (Å²) in [5.74, 6) is -4.74. The van der Waals surface area contributed by atoms with Crippen molar-refractivity contribution in [1.82, 2.24) is 4.98 Å². The molecule has 2 aromatic carbocycles. The van der Waals surface area contributed by atoms with Crippen LogP contribution in [0.25, 0.3) is 11.3 Å². The van der Waals surface area contributed by atoms with E-state index in [1.54, 1.807) is 0 Å². The number of amides is 1. The van der Waals surface area contributed by atoms with Gasteiger partial charge >= 0.3 is 0 Å². The number of nitrogens with two attached hydrogens (primary N) is 1. The summed E-state index contributed by atoms with van der Waals surface area (Å²) in [5.41, 5.74) is 4.85. The SMILES string of the molecule is NC(=O)c1c(F)ccc(OCC(O)c2nc(-c3ccc(F)cc3)c(Br)o2)c1F. The molecule has 0 aliphatic rings. The van der Waals surface area contributed by atoms with Crippen molar-refractivity contribution in [3.05, 3.63) is 70.0 Å². The third-order valence-electron chi connectivity index (χ3n) is 3.70. The Balaban J connectivity index is 1.77. The highest BCUT2D eigenvalue weighted by Crippen LogP contribution is 2.31. The topological polar surface area (TPSA) is 98.6 Å². The summed E-state index contributed by atoms with van der Waals surface area (Å²) < 4.78 is 51.3. The van der Waals surface area contributed by atoms with E-state index >= 15 is 0 Å². The zero-order valence-electron chi connectivity index (χ0n) is 14.0. The van der Waals surface area contributed by atoms with Crippen molar-refractivity contribution in [3.8, 4) is 17.0 Å². The number of aliphatic hydroxyl groups excluding tert-OH is 1. The van der Waals surface area contributed by atoms with Crippen molar-refractivity contribution < 1.29 is 32.2 Å². The second kappa shape index (κ2) is 8.03. The monoisotopic (exact) mass is 456 g/mol. The molecule has 0 spiro atoms. The van der Waals surface area contributed by atoms with E-state index in [9.17, 15) is 23.1 Å². The van der Waals surface area contributed by atoms with E-state index in [2.05, 4.69) is 20.9 Å². The Morgan fingerprint density at radius 2 is 1.89 bits per heavy atom. The van der Waals surface area contributed by atoms with Crippen molar-refractivity contribution in [2.75, 3.05) is 6.61 Å². The van der Waals surface area contributed by atoms with Crippen molar-refractivity contribution in [3.63, 3.8) is 0 Å². The number of rotatable bonds is 6. The molecule has 6 nitrogen and oxygen atoms in total. The second-order valence-corrected chi connectivity index (χ2v) is 6.33. The lowest BCUT2D eigenvalue weighted by Gasteiger charge is -2.11. The number of halogens is 4. The molecule has 1 atom stereocenters. The molecule has 1 heterocycles. The van der Waals surface area contributed by atoms with Crippen LogP contribution in [0.3, 0.4) is 0 Å². The number of carbonyl (C=O) groups excluding carboxylic acids is 1. The van der Waals surface area contributed by atoms with Crippen LogP contribution in [-0.4, -0.2) is 22.6 Å². The highest BCUT2D eigenvalue weighted by molar-refractivity contribution is 9.10. The van der Waals surface area contributed by atoms with Crippen LogP contribution in [0.5, 0.6) is 5.75 Å². The lowest BCUT2D eigenvalue weighted by Crippen LogP contribution is -2.17. The molecule has 1 unspecified atom stereocenters. The molecule has 0 fully saturated rings. The van der Waals surface area contributed by atoms with E-state index in [4.69, 9.17) is 14.9 Å². The number of oxazole rings is 1. The van der Waals surface area contributed by atoms with E-state index in [0.29, 0.717) is 11.3 Å². The van der Waals surface area contributed by atoms with E-state index in [1.807, 2.05) is 0 Å². The van der Waals surface area contributed by atoms with Crippen molar-refractivity contribution in [2.45, 2.75) is 6.10 Å². The molecule has 3 N–H and O–H groups in total. The van der Waals surface area contributed by atoms with Crippen molar-refractivity contribution in [2.24, 2.45) is 5.73 Å². The van der Waals surface area contributed by atoms with Crippen LogP contribution in [0, 0.1) is 17.5 Å². The predicted octanol–water partition coefficient (Wildman–Crippen LogP) is 3.73. The number of carbonyl (C=O) groups is 1.